The van der Waals surface area contributed by atoms with Gasteiger partial charge >= 0.3 is 0 Å². The molecule has 2 aromatic carbocycles. The largest absolute Gasteiger partial charge is 0.494 e. The van der Waals surface area contributed by atoms with E-state index in [1.54, 1.807) is 49.4 Å². The Bertz CT molecular complexity index is 804. The molecule has 0 saturated carbocycles. The molecule has 2 amide bonds. The fourth-order valence-corrected chi connectivity index (χ4v) is 2.43. The Kier molecular flexibility index (Phi) is 5.26. The van der Waals surface area contributed by atoms with Gasteiger partial charge in [0.05, 0.1) is 12.3 Å². The zero-order valence-electron chi connectivity index (χ0n) is 14.6. The maximum Gasteiger partial charge on any atom is 0.265 e. The third kappa shape index (κ3) is 4.24. The predicted molar refractivity (Wildman–Crippen MR) is 96.9 cm³/mol. The third-order valence-corrected chi connectivity index (χ3v) is 3.70. The van der Waals surface area contributed by atoms with Gasteiger partial charge in [0.1, 0.15) is 17.2 Å². The van der Waals surface area contributed by atoms with Gasteiger partial charge in [0.2, 0.25) is 0 Å². The number of fused-ring (bicyclic) bond motifs is 1. The van der Waals surface area contributed by atoms with E-state index in [1.807, 2.05) is 6.92 Å². The molecule has 0 spiro atoms. The minimum atomic E-state index is -0.537. The lowest BCUT2D eigenvalue weighted by Gasteiger charge is -2.23. The van der Waals surface area contributed by atoms with Crippen molar-refractivity contribution in [2.75, 3.05) is 23.8 Å². The fraction of sp³-hybridized carbons (Fsp3) is 0.263. The summed E-state index contributed by atoms with van der Waals surface area (Å²) in [5.41, 5.74) is 1.07. The van der Waals surface area contributed by atoms with E-state index in [9.17, 15) is 9.59 Å². The van der Waals surface area contributed by atoms with E-state index in [1.165, 1.54) is 0 Å². The Labute approximate surface area is 151 Å². The van der Waals surface area contributed by atoms with Crippen molar-refractivity contribution in [1.82, 2.24) is 0 Å². The van der Waals surface area contributed by atoms with E-state index in [-0.39, 0.29) is 18.4 Å². The van der Waals surface area contributed by atoms with Crippen molar-refractivity contribution >= 4 is 23.2 Å². The summed E-state index contributed by atoms with van der Waals surface area (Å²) >= 11 is 0. The maximum absolute atomic E-state index is 12.1. The van der Waals surface area contributed by atoms with E-state index in [2.05, 4.69) is 10.6 Å². The lowest BCUT2D eigenvalue weighted by Crippen LogP contribution is -2.34. The Morgan fingerprint density at radius 2 is 1.85 bits per heavy atom. The first-order chi connectivity index (χ1) is 12.5. The Hall–Kier alpha value is -3.22. The van der Waals surface area contributed by atoms with Crippen LogP contribution in [0.1, 0.15) is 13.8 Å². The summed E-state index contributed by atoms with van der Waals surface area (Å²) in [5.74, 6) is 1.36. The lowest BCUT2D eigenvalue weighted by molar-refractivity contribution is -0.122. The monoisotopic (exact) mass is 356 g/mol. The number of hydrogen-bond donors (Lipinski definition) is 2. The Balaban J connectivity index is 1.55. The number of nitrogens with one attached hydrogen (secondary N) is 2. The molecule has 7 heteroatoms. The van der Waals surface area contributed by atoms with Crippen LogP contribution in [0.25, 0.3) is 0 Å². The van der Waals surface area contributed by atoms with Crippen molar-refractivity contribution in [1.29, 1.82) is 0 Å². The van der Waals surface area contributed by atoms with Crippen molar-refractivity contribution < 1.29 is 23.8 Å². The molecule has 0 aliphatic carbocycles. The second kappa shape index (κ2) is 7.77. The van der Waals surface area contributed by atoms with E-state index in [4.69, 9.17) is 14.2 Å². The standard InChI is InChI=1S/C19H20N2O5/c1-3-24-14-5-7-15(8-6-14)25-11-18(22)20-13-4-9-17-16(10-13)21-19(23)12(2)26-17/h4-10,12H,3,11H2,1-2H3,(H,20,22)(H,21,23)/t12-/m1/s1. The molecule has 1 aliphatic heterocycles. The summed E-state index contributed by atoms with van der Waals surface area (Å²) in [6, 6.07) is 12.1. The van der Waals surface area contributed by atoms with Crippen molar-refractivity contribution in [2.24, 2.45) is 0 Å². The molecule has 1 heterocycles. The fourth-order valence-electron chi connectivity index (χ4n) is 2.43. The highest BCUT2D eigenvalue weighted by Gasteiger charge is 2.23. The topological polar surface area (TPSA) is 85.9 Å². The normalized spacial score (nSPS) is 15.3. The number of hydrogen-bond acceptors (Lipinski definition) is 5. The summed E-state index contributed by atoms with van der Waals surface area (Å²) in [4.78, 5) is 23.7. The first-order valence-corrected chi connectivity index (χ1v) is 8.32. The molecule has 0 radical (unpaired) electrons. The molecule has 1 aliphatic rings. The molecule has 26 heavy (non-hydrogen) atoms. The quantitative estimate of drug-likeness (QED) is 0.831. The van der Waals surface area contributed by atoms with E-state index in [0.29, 0.717) is 29.5 Å². The molecule has 1 atom stereocenters. The van der Waals surface area contributed by atoms with Crippen LogP contribution in [0.3, 0.4) is 0 Å². The average Bonchev–Trinajstić information content (AvgIpc) is 2.63. The zero-order valence-corrected chi connectivity index (χ0v) is 14.6. The number of anilines is 2. The molecule has 2 N–H and O–H groups in total. The van der Waals surface area contributed by atoms with Gasteiger partial charge in [-0.05, 0) is 56.3 Å². The van der Waals surface area contributed by atoms with E-state index < -0.39 is 6.10 Å². The molecule has 0 fully saturated rings. The van der Waals surface area contributed by atoms with Crippen molar-refractivity contribution in [3.63, 3.8) is 0 Å². The summed E-state index contributed by atoms with van der Waals surface area (Å²) in [6.07, 6.45) is -0.537. The number of amides is 2. The maximum atomic E-state index is 12.1. The van der Waals surface area contributed by atoms with Crippen molar-refractivity contribution in [3.05, 3.63) is 42.5 Å². The number of carbonyl (C=O) groups is 2. The van der Waals surface area contributed by atoms with Gasteiger partial charge in [-0.1, -0.05) is 0 Å². The van der Waals surface area contributed by atoms with Gasteiger partial charge in [0, 0.05) is 5.69 Å². The molecule has 2 aromatic rings. The Morgan fingerprint density at radius 1 is 1.15 bits per heavy atom. The highest BCUT2D eigenvalue weighted by atomic mass is 16.5. The molecule has 0 unspecified atom stereocenters. The Morgan fingerprint density at radius 3 is 2.54 bits per heavy atom. The highest BCUT2D eigenvalue weighted by Crippen LogP contribution is 2.32. The van der Waals surface area contributed by atoms with Crippen LogP contribution in [0.2, 0.25) is 0 Å². The summed E-state index contributed by atoms with van der Waals surface area (Å²) < 4.78 is 16.3. The molecule has 136 valence electrons. The van der Waals surface area contributed by atoms with E-state index >= 15 is 0 Å². The lowest BCUT2D eigenvalue weighted by atomic mass is 10.2. The summed E-state index contributed by atoms with van der Waals surface area (Å²) in [7, 11) is 0. The second-order valence-corrected chi connectivity index (χ2v) is 5.70. The SMILES string of the molecule is CCOc1ccc(OCC(=O)Nc2ccc3c(c2)NC(=O)[C@@H](C)O3)cc1. The second-order valence-electron chi connectivity index (χ2n) is 5.70. The molecule has 7 nitrogen and oxygen atoms in total. The zero-order chi connectivity index (χ0) is 18.5. The van der Waals surface area contributed by atoms with Crippen LogP contribution in [0, 0.1) is 0 Å². The molecular formula is C19H20N2O5. The van der Waals surface area contributed by atoms with Gasteiger partial charge in [0.25, 0.3) is 11.8 Å². The summed E-state index contributed by atoms with van der Waals surface area (Å²) in [6.45, 7) is 4.04. The molecule has 0 bridgehead atoms. The average molecular weight is 356 g/mol. The van der Waals surface area contributed by atoms with Crippen molar-refractivity contribution in [2.45, 2.75) is 20.0 Å². The number of ether oxygens (including phenoxy) is 3. The number of rotatable bonds is 6. The van der Waals surface area contributed by atoms with Crippen LogP contribution in [0.5, 0.6) is 17.2 Å². The number of carbonyl (C=O) groups excluding carboxylic acids is 2. The van der Waals surface area contributed by atoms with Crippen LogP contribution < -0.4 is 24.8 Å². The van der Waals surface area contributed by atoms with Crippen LogP contribution >= 0.6 is 0 Å². The van der Waals surface area contributed by atoms with Gasteiger partial charge in [-0.2, -0.15) is 0 Å². The van der Waals surface area contributed by atoms with E-state index in [0.717, 1.165) is 5.75 Å². The minimum absolute atomic E-state index is 0.134. The summed E-state index contributed by atoms with van der Waals surface area (Å²) in [5, 5.41) is 5.46. The molecule has 0 saturated heterocycles. The molecular weight excluding hydrogens is 336 g/mol. The van der Waals surface area contributed by atoms with Crippen LogP contribution in [0.4, 0.5) is 11.4 Å². The van der Waals surface area contributed by atoms with Crippen molar-refractivity contribution in [3.8, 4) is 17.2 Å². The van der Waals surface area contributed by atoms with Crippen LogP contribution in [-0.4, -0.2) is 31.1 Å². The van der Waals surface area contributed by atoms with Gasteiger partial charge in [-0.25, -0.2) is 0 Å². The predicted octanol–water partition coefficient (Wildman–Crippen LogP) is 2.82. The van der Waals surface area contributed by atoms with Crippen LogP contribution in [-0.2, 0) is 9.59 Å². The van der Waals surface area contributed by atoms with Gasteiger partial charge < -0.3 is 24.8 Å². The van der Waals surface area contributed by atoms with Gasteiger partial charge in [-0.15, -0.1) is 0 Å². The van der Waals surface area contributed by atoms with Gasteiger partial charge in [0.15, 0.2) is 12.7 Å². The smallest absolute Gasteiger partial charge is 0.265 e. The molecule has 0 aromatic heterocycles. The minimum Gasteiger partial charge on any atom is -0.494 e. The van der Waals surface area contributed by atoms with Gasteiger partial charge in [-0.3, -0.25) is 9.59 Å². The first kappa shape index (κ1) is 17.6. The highest BCUT2D eigenvalue weighted by molar-refractivity contribution is 5.99. The van der Waals surface area contributed by atoms with Crippen LogP contribution in [0.15, 0.2) is 42.5 Å². The first-order valence-electron chi connectivity index (χ1n) is 8.32. The number of benzene rings is 2. The third-order valence-electron chi connectivity index (χ3n) is 3.70. The molecule has 3 rings (SSSR count).